The quantitative estimate of drug-likeness (QED) is 0.815. The molecular formula is C13H17N3O2. The molecule has 0 aliphatic rings. The monoisotopic (exact) mass is 247 g/mol. The zero-order valence-corrected chi connectivity index (χ0v) is 10.6. The van der Waals surface area contributed by atoms with Gasteiger partial charge in [0.05, 0.1) is 18.2 Å². The molecule has 0 bridgehead atoms. The van der Waals surface area contributed by atoms with E-state index in [0.717, 1.165) is 0 Å². The van der Waals surface area contributed by atoms with E-state index in [-0.39, 0.29) is 24.2 Å². The maximum Gasteiger partial charge on any atom is 0.270 e. The van der Waals surface area contributed by atoms with E-state index in [9.17, 15) is 9.90 Å². The number of nitriles is 1. The predicted octanol–water partition coefficient (Wildman–Crippen LogP) is 1.09. The maximum absolute atomic E-state index is 11.8. The van der Waals surface area contributed by atoms with E-state index >= 15 is 0 Å². The van der Waals surface area contributed by atoms with Crippen molar-refractivity contribution < 1.29 is 9.90 Å². The van der Waals surface area contributed by atoms with E-state index < -0.39 is 0 Å². The highest BCUT2D eigenvalue weighted by atomic mass is 16.3. The molecule has 0 spiro atoms. The minimum Gasteiger partial charge on any atom is -0.394 e. The zero-order chi connectivity index (χ0) is 13.5. The molecule has 5 nitrogen and oxygen atoms in total. The van der Waals surface area contributed by atoms with Crippen LogP contribution in [0, 0.1) is 17.2 Å². The number of hydrogen-bond acceptors (Lipinski definition) is 4. The van der Waals surface area contributed by atoms with Gasteiger partial charge in [0, 0.05) is 6.20 Å². The molecule has 96 valence electrons. The van der Waals surface area contributed by atoms with Crippen LogP contribution in [0.1, 0.15) is 36.3 Å². The van der Waals surface area contributed by atoms with Crippen LogP contribution in [0.3, 0.4) is 0 Å². The van der Waals surface area contributed by atoms with Gasteiger partial charge >= 0.3 is 0 Å². The lowest BCUT2D eigenvalue weighted by molar-refractivity contribution is 0.0903. The van der Waals surface area contributed by atoms with Crippen molar-refractivity contribution in [3.63, 3.8) is 0 Å². The van der Waals surface area contributed by atoms with Gasteiger partial charge in [-0.25, -0.2) is 4.98 Å². The first kappa shape index (κ1) is 14.1. The zero-order valence-electron chi connectivity index (χ0n) is 10.6. The summed E-state index contributed by atoms with van der Waals surface area (Å²) in [5, 5.41) is 20.5. The Kier molecular flexibility index (Phi) is 5.28. The Morgan fingerprint density at radius 2 is 2.28 bits per heavy atom. The van der Waals surface area contributed by atoms with Crippen LogP contribution >= 0.6 is 0 Å². The second-order valence-corrected chi connectivity index (χ2v) is 4.53. The fourth-order valence-electron chi connectivity index (χ4n) is 1.60. The van der Waals surface area contributed by atoms with Crippen molar-refractivity contribution in [2.75, 3.05) is 6.61 Å². The third-order valence-corrected chi connectivity index (χ3v) is 2.44. The Bertz CT molecular complexity index is 435. The number of nitrogens with zero attached hydrogens (tertiary/aromatic N) is 2. The normalized spacial score (nSPS) is 11.9. The van der Waals surface area contributed by atoms with Gasteiger partial charge in [-0.05, 0) is 24.5 Å². The number of nitrogens with one attached hydrogen (secondary N) is 1. The predicted molar refractivity (Wildman–Crippen MR) is 66.7 cm³/mol. The number of aliphatic hydroxyl groups is 1. The third kappa shape index (κ3) is 4.15. The molecule has 1 unspecified atom stereocenters. The lowest BCUT2D eigenvalue weighted by Crippen LogP contribution is -2.38. The van der Waals surface area contributed by atoms with Crippen molar-refractivity contribution in [1.29, 1.82) is 5.26 Å². The molecule has 2 N–H and O–H groups in total. The Balaban J connectivity index is 2.66. The molecule has 1 heterocycles. The number of pyridine rings is 1. The van der Waals surface area contributed by atoms with Crippen molar-refractivity contribution in [2.24, 2.45) is 5.92 Å². The summed E-state index contributed by atoms with van der Waals surface area (Å²) in [5.74, 6) is 0.0514. The molecule has 0 aliphatic carbocycles. The molecule has 0 saturated carbocycles. The van der Waals surface area contributed by atoms with Gasteiger partial charge in [0.1, 0.15) is 11.8 Å². The van der Waals surface area contributed by atoms with Crippen LogP contribution in [0.15, 0.2) is 18.3 Å². The topological polar surface area (TPSA) is 86.0 Å². The summed E-state index contributed by atoms with van der Waals surface area (Å²) in [7, 11) is 0. The van der Waals surface area contributed by atoms with E-state index in [4.69, 9.17) is 5.26 Å². The molecule has 1 aromatic heterocycles. The average molecular weight is 247 g/mol. The molecule has 0 fully saturated rings. The highest BCUT2D eigenvalue weighted by Crippen LogP contribution is 2.05. The van der Waals surface area contributed by atoms with Crippen LogP contribution < -0.4 is 5.32 Å². The highest BCUT2D eigenvalue weighted by Gasteiger charge is 2.15. The molecule has 1 aromatic rings. The summed E-state index contributed by atoms with van der Waals surface area (Å²) in [6.45, 7) is 3.95. The van der Waals surface area contributed by atoms with Crippen LogP contribution in [0.5, 0.6) is 0 Å². The second kappa shape index (κ2) is 6.72. The van der Waals surface area contributed by atoms with Crippen molar-refractivity contribution in [1.82, 2.24) is 10.3 Å². The average Bonchev–Trinajstić information content (AvgIpc) is 2.37. The Morgan fingerprint density at radius 1 is 1.56 bits per heavy atom. The van der Waals surface area contributed by atoms with Crippen molar-refractivity contribution in [2.45, 2.75) is 26.3 Å². The number of rotatable bonds is 5. The number of amides is 1. The first-order valence-corrected chi connectivity index (χ1v) is 5.84. The first-order valence-electron chi connectivity index (χ1n) is 5.84. The SMILES string of the molecule is CC(C)CC(CO)NC(=O)c1ccc(C#N)cn1. The van der Waals surface area contributed by atoms with Crippen LogP contribution in [0.25, 0.3) is 0 Å². The Hall–Kier alpha value is -1.93. The number of aliphatic hydroxyl groups excluding tert-OH is 1. The van der Waals surface area contributed by atoms with E-state index in [1.54, 1.807) is 0 Å². The van der Waals surface area contributed by atoms with Crippen LogP contribution in [-0.2, 0) is 0 Å². The molecule has 0 aromatic carbocycles. The smallest absolute Gasteiger partial charge is 0.270 e. The van der Waals surface area contributed by atoms with Crippen LogP contribution in [-0.4, -0.2) is 28.6 Å². The van der Waals surface area contributed by atoms with Crippen molar-refractivity contribution >= 4 is 5.91 Å². The van der Waals surface area contributed by atoms with Gasteiger partial charge < -0.3 is 10.4 Å². The number of carbonyl (C=O) groups excluding carboxylic acids is 1. The minimum absolute atomic E-state index is 0.0970. The van der Waals surface area contributed by atoms with Gasteiger partial charge in [-0.1, -0.05) is 13.8 Å². The second-order valence-electron chi connectivity index (χ2n) is 4.53. The minimum atomic E-state index is -0.334. The lowest BCUT2D eigenvalue weighted by Gasteiger charge is -2.17. The van der Waals surface area contributed by atoms with Crippen molar-refractivity contribution in [3.05, 3.63) is 29.6 Å². The lowest BCUT2D eigenvalue weighted by atomic mass is 10.0. The largest absolute Gasteiger partial charge is 0.394 e. The Morgan fingerprint density at radius 3 is 2.72 bits per heavy atom. The maximum atomic E-state index is 11.8. The molecular weight excluding hydrogens is 230 g/mol. The van der Waals surface area contributed by atoms with Gasteiger partial charge in [0.15, 0.2) is 0 Å². The summed E-state index contributed by atoms with van der Waals surface area (Å²) in [6.07, 6.45) is 2.06. The standard InChI is InChI=1S/C13H17N3O2/c1-9(2)5-11(8-17)16-13(18)12-4-3-10(6-14)7-15-12/h3-4,7,9,11,17H,5,8H2,1-2H3,(H,16,18). The summed E-state index contributed by atoms with van der Waals surface area (Å²) in [4.78, 5) is 15.7. The third-order valence-electron chi connectivity index (χ3n) is 2.44. The van der Waals surface area contributed by atoms with Gasteiger partial charge in [-0.3, -0.25) is 4.79 Å². The summed E-state index contributed by atoms with van der Waals surface area (Å²) in [5.41, 5.74) is 0.656. The molecule has 0 aliphatic heterocycles. The van der Waals surface area contributed by atoms with Crippen LogP contribution in [0.4, 0.5) is 0 Å². The molecule has 1 atom stereocenters. The molecule has 1 rings (SSSR count). The molecule has 1 amide bonds. The molecule has 5 heteroatoms. The summed E-state index contributed by atoms with van der Waals surface area (Å²) in [6, 6.07) is 4.71. The summed E-state index contributed by atoms with van der Waals surface area (Å²) < 4.78 is 0. The highest BCUT2D eigenvalue weighted by molar-refractivity contribution is 5.92. The van der Waals surface area contributed by atoms with E-state index in [1.165, 1.54) is 18.3 Å². The van der Waals surface area contributed by atoms with Gasteiger partial charge in [0.2, 0.25) is 0 Å². The molecule has 0 saturated heterocycles. The van der Waals surface area contributed by atoms with E-state index in [2.05, 4.69) is 10.3 Å². The molecule has 18 heavy (non-hydrogen) atoms. The van der Waals surface area contributed by atoms with Gasteiger partial charge in [0.25, 0.3) is 5.91 Å². The Labute approximate surface area is 106 Å². The summed E-state index contributed by atoms with van der Waals surface area (Å²) >= 11 is 0. The number of hydrogen-bond donors (Lipinski definition) is 2. The number of carbonyl (C=O) groups is 1. The van der Waals surface area contributed by atoms with E-state index in [0.29, 0.717) is 17.9 Å². The van der Waals surface area contributed by atoms with Gasteiger partial charge in [-0.2, -0.15) is 5.26 Å². The fourth-order valence-corrected chi connectivity index (χ4v) is 1.60. The van der Waals surface area contributed by atoms with Crippen molar-refractivity contribution in [3.8, 4) is 6.07 Å². The van der Waals surface area contributed by atoms with E-state index in [1.807, 2.05) is 19.9 Å². The fraction of sp³-hybridized carbons (Fsp3) is 0.462. The number of aromatic nitrogens is 1. The molecule has 0 radical (unpaired) electrons. The van der Waals surface area contributed by atoms with Crippen LogP contribution in [0.2, 0.25) is 0 Å². The first-order chi connectivity index (χ1) is 8.56. The van der Waals surface area contributed by atoms with Gasteiger partial charge in [-0.15, -0.1) is 0 Å².